The number of amides is 12. The fourth-order valence-corrected chi connectivity index (χ4v) is 19.6. The maximum atomic E-state index is 15.9. The highest BCUT2D eigenvalue weighted by molar-refractivity contribution is 6.01. The summed E-state index contributed by atoms with van der Waals surface area (Å²) in [7, 11) is 11.5. The van der Waals surface area contributed by atoms with Crippen LogP contribution in [0.5, 0.6) is 0 Å². The van der Waals surface area contributed by atoms with Crippen molar-refractivity contribution in [1.82, 2.24) is 60.0 Å². The Labute approximate surface area is 639 Å². The fraction of sp³-hybridized carbons (Fsp3) is 0.825. The third-order valence-electron chi connectivity index (χ3n) is 25.7. The molecule has 8 rings (SSSR count). The van der Waals surface area contributed by atoms with Gasteiger partial charge in [0.15, 0.2) is 0 Å². The minimum absolute atomic E-state index is 0.0200. The summed E-state index contributed by atoms with van der Waals surface area (Å²) in [6.45, 7) is 14.6. The first-order valence-electron chi connectivity index (χ1n) is 40.4. The van der Waals surface area contributed by atoms with Crippen molar-refractivity contribution < 1.29 is 75.4 Å². The zero-order chi connectivity index (χ0) is 79.8. The quantitative estimate of drug-likeness (QED) is 0.146. The van der Waals surface area contributed by atoms with E-state index in [0.717, 1.165) is 35.5 Å². The average Bonchev–Trinajstić information content (AvgIpc) is 0.799. The van der Waals surface area contributed by atoms with Gasteiger partial charge in [0.25, 0.3) is 0 Å². The lowest BCUT2D eigenvalue weighted by molar-refractivity contribution is -0.184. The molecule has 0 aromatic carbocycles. The van der Waals surface area contributed by atoms with Crippen LogP contribution in [-0.4, -0.2) is 270 Å². The first kappa shape index (κ1) is 86.7. The lowest BCUT2D eigenvalue weighted by atomic mass is 9.58. The van der Waals surface area contributed by atoms with Crippen LogP contribution in [0.3, 0.4) is 0 Å². The van der Waals surface area contributed by atoms with Crippen LogP contribution in [0.1, 0.15) is 209 Å². The molecule has 1 spiro atoms. The number of halogens is 3. The summed E-state index contributed by atoms with van der Waals surface area (Å²) in [5.74, 6) is -8.41. The van der Waals surface area contributed by atoms with Crippen LogP contribution in [0.2, 0.25) is 0 Å². The second-order valence-electron chi connectivity index (χ2n) is 34.7. The second kappa shape index (κ2) is 37.0. The Morgan fingerprint density at radius 2 is 1.28 bits per heavy atom. The fourth-order valence-electron chi connectivity index (χ4n) is 19.6. The van der Waals surface area contributed by atoms with Gasteiger partial charge in [0.05, 0.1) is 31.5 Å². The van der Waals surface area contributed by atoms with E-state index in [1.165, 1.54) is 104 Å². The molecule has 3 aliphatic heterocycles. The highest BCUT2D eigenvalue weighted by atomic mass is 19.4. The van der Waals surface area contributed by atoms with Crippen molar-refractivity contribution in [2.24, 2.45) is 58.7 Å². The van der Waals surface area contributed by atoms with Crippen LogP contribution in [0.25, 0.3) is 0 Å². The number of rotatable bonds is 14. The maximum absolute atomic E-state index is 15.9. The van der Waals surface area contributed by atoms with Gasteiger partial charge in [-0.3, -0.25) is 57.5 Å². The standard InChI is InChI=1S/C80H129F3N12O13/c1-17-25-58-69(99)85-67(48(4)18-2)75(105)89(12)45-65(98)91(14)59-28-21-20-24-37-94(74(59)104)62(40-51-29-34-55(35-30-51)80(81,82)83)73(103)88(11)44-63(96)84-57(36-31-52-38-49(5)66(50(6)39-52)53-32-33-53)71(101)95-43-56(108-19-3)41-60(95)70(100)86-79(46-78(7,8)47-79)77(107)93(16)68(54-26-22-23-27-54)76(106)92(15)61(72(102)87(9)10)42-64(97)90(58)13/h20-21,48-62,66-68H,17-19,22-47H2,1-16H3,(H,84,96)(H,85,99)(H,86,100)/b21-20-/t48-,49?,50?,51?,52?,55?,56+,57-,58-,59-,60-,61-,62-,66?,67-,68-/m0/s1. The third-order valence-corrected chi connectivity index (χ3v) is 25.7. The zero-order valence-corrected chi connectivity index (χ0v) is 67.5. The van der Waals surface area contributed by atoms with Crippen molar-refractivity contribution in [2.45, 2.75) is 276 Å². The number of nitrogens with zero attached hydrogens (tertiary/aromatic N) is 9. The maximum Gasteiger partial charge on any atom is 0.391 e. The molecule has 5 aliphatic carbocycles. The number of hydrogen-bond acceptors (Lipinski definition) is 13. The van der Waals surface area contributed by atoms with E-state index in [2.05, 4.69) is 29.8 Å². The van der Waals surface area contributed by atoms with Gasteiger partial charge in [-0.05, 0) is 175 Å². The van der Waals surface area contributed by atoms with Crippen molar-refractivity contribution in [3.8, 4) is 0 Å². The molecule has 12 atom stereocenters. The molecule has 2 unspecified atom stereocenters. The summed E-state index contributed by atoms with van der Waals surface area (Å²) in [6, 6.07) is -10.1. The summed E-state index contributed by atoms with van der Waals surface area (Å²) in [6.07, 6.45) is 6.65. The van der Waals surface area contributed by atoms with Gasteiger partial charge in [0.2, 0.25) is 70.9 Å². The molecule has 28 heteroatoms. The van der Waals surface area contributed by atoms with Crippen molar-refractivity contribution >= 4 is 70.9 Å². The summed E-state index contributed by atoms with van der Waals surface area (Å²) in [4.78, 5) is 194. The molecule has 3 heterocycles. The van der Waals surface area contributed by atoms with Gasteiger partial charge in [-0.25, -0.2) is 0 Å². The van der Waals surface area contributed by atoms with Gasteiger partial charge in [0, 0.05) is 82.5 Å². The van der Waals surface area contributed by atoms with Crippen molar-refractivity contribution in [2.75, 3.05) is 89.2 Å². The summed E-state index contributed by atoms with van der Waals surface area (Å²) in [5, 5.41) is 9.05. The molecule has 25 nitrogen and oxygen atoms in total. The largest absolute Gasteiger partial charge is 0.391 e. The molecule has 2 bridgehead atoms. The Kier molecular flexibility index (Phi) is 29.7. The van der Waals surface area contributed by atoms with E-state index in [4.69, 9.17) is 4.74 Å². The summed E-state index contributed by atoms with van der Waals surface area (Å²) < 4.78 is 48.8. The smallest absolute Gasteiger partial charge is 0.377 e. The molecule has 0 aromatic heterocycles. The zero-order valence-electron chi connectivity index (χ0n) is 67.5. The summed E-state index contributed by atoms with van der Waals surface area (Å²) in [5.41, 5.74) is -2.09. The van der Waals surface area contributed by atoms with Crippen molar-refractivity contribution in [3.63, 3.8) is 0 Å². The number of carbonyl (C=O) groups is 12. The molecular formula is C80H129F3N12O13. The average molecular weight is 1520 g/mol. The van der Waals surface area contributed by atoms with E-state index in [-0.39, 0.29) is 103 Å². The van der Waals surface area contributed by atoms with Crippen LogP contribution in [0, 0.1) is 58.7 Å². The normalized spacial score (nSPS) is 33.0. The number of carbonyl (C=O) groups excluding carboxylic acids is 12. The number of ether oxygens (including phenoxy) is 1. The highest BCUT2D eigenvalue weighted by Crippen LogP contribution is 2.52. The van der Waals surface area contributed by atoms with Crippen molar-refractivity contribution in [1.29, 1.82) is 0 Å². The second-order valence-corrected chi connectivity index (χ2v) is 34.7. The van der Waals surface area contributed by atoms with Crippen LogP contribution in [0.15, 0.2) is 12.2 Å². The van der Waals surface area contributed by atoms with E-state index >= 15 is 33.6 Å². The van der Waals surface area contributed by atoms with Crippen LogP contribution >= 0.6 is 0 Å². The van der Waals surface area contributed by atoms with Crippen LogP contribution < -0.4 is 16.0 Å². The number of likely N-dealkylation sites (N-methyl/N-ethyl adjacent to an activating group) is 7. The molecule has 12 amide bonds. The predicted octanol–water partition coefficient (Wildman–Crippen LogP) is 7.18. The third kappa shape index (κ3) is 20.6. The first-order valence-corrected chi connectivity index (χ1v) is 40.4. The van der Waals surface area contributed by atoms with Gasteiger partial charge < -0.3 is 64.8 Å². The van der Waals surface area contributed by atoms with Gasteiger partial charge in [-0.2, -0.15) is 13.2 Å². The molecule has 108 heavy (non-hydrogen) atoms. The van der Waals surface area contributed by atoms with E-state index in [1.54, 1.807) is 26.0 Å². The monoisotopic (exact) mass is 1520 g/mol. The molecule has 8 aliphatic rings. The minimum atomic E-state index is -4.43. The SMILES string of the molecule is CCC[C@H]1C(=O)N[C@@H]([C@@H](C)CC)C(=O)N(C)CC(=O)N(C)[C@H]2C/C=C\CCN(C2=O)[C@@H](CC2CCC(C(F)(F)F)CC2)C(=O)N(C)CC(=O)N[C@@H](CCC2CC(C)C(C3CC3)C(C)C2)C(=O)N2C[C@H](OCC)C[C@H]2C(=O)NC2(CC(C)(C)C2)C(=O)N(C)[C@@H](C2CCCC2)C(=O)N(C)[C@H](C(=O)N(C)C)CC(=O)N1C. The molecule has 0 radical (unpaired) electrons. The molecule has 5 saturated carbocycles. The molecular weight excluding hydrogens is 1390 g/mol. The Balaban J connectivity index is 1.20. The topological polar surface area (TPSA) is 279 Å². The molecule has 3 N–H and O–H groups in total. The lowest BCUT2D eigenvalue weighted by Crippen LogP contribution is -2.71. The van der Waals surface area contributed by atoms with Crippen LogP contribution in [-0.2, 0) is 62.3 Å². The van der Waals surface area contributed by atoms with E-state index in [9.17, 15) is 37.1 Å². The Morgan fingerprint density at radius 1 is 0.648 bits per heavy atom. The Bertz CT molecular complexity index is 3240. The molecule has 7 fully saturated rings. The highest BCUT2D eigenvalue weighted by Gasteiger charge is 2.60. The Morgan fingerprint density at radius 3 is 1.85 bits per heavy atom. The molecule has 608 valence electrons. The summed E-state index contributed by atoms with van der Waals surface area (Å²) >= 11 is 0. The number of alkyl halides is 3. The van der Waals surface area contributed by atoms with Gasteiger partial charge in [0.1, 0.15) is 53.9 Å². The lowest BCUT2D eigenvalue weighted by Gasteiger charge is -2.54. The van der Waals surface area contributed by atoms with Gasteiger partial charge in [-0.1, -0.05) is 86.3 Å². The van der Waals surface area contributed by atoms with E-state index in [1.807, 2.05) is 27.7 Å². The Hall–Kier alpha value is -6.87. The number of nitrogens with one attached hydrogen (secondary N) is 3. The van der Waals surface area contributed by atoms with Crippen LogP contribution in [0.4, 0.5) is 13.2 Å². The van der Waals surface area contributed by atoms with E-state index < -0.39 is 186 Å². The number of fused-ring (bicyclic) bond motifs is 3. The van der Waals surface area contributed by atoms with Gasteiger partial charge in [-0.15, -0.1) is 0 Å². The van der Waals surface area contributed by atoms with Crippen molar-refractivity contribution in [3.05, 3.63) is 12.2 Å². The predicted molar refractivity (Wildman–Crippen MR) is 401 cm³/mol. The molecule has 2 saturated heterocycles. The minimum Gasteiger partial charge on any atom is -0.377 e. The van der Waals surface area contributed by atoms with Gasteiger partial charge >= 0.3 is 6.18 Å². The first-order chi connectivity index (χ1) is 50.8. The molecule has 0 aromatic rings. The van der Waals surface area contributed by atoms with E-state index in [0.29, 0.717) is 55.8 Å². The number of hydrogen-bond donors (Lipinski definition) is 3.